The van der Waals surface area contributed by atoms with E-state index in [2.05, 4.69) is 9.80 Å². The van der Waals surface area contributed by atoms with E-state index in [1.807, 2.05) is 30.3 Å². The number of hydrogen-bond acceptors (Lipinski definition) is 3. The SMILES string of the molecule is O=C(CN1CCCC1CC(O)c1ccccc1)N1CCCCCC1. The van der Waals surface area contributed by atoms with Gasteiger partial charge >= 0.3 is 0 Å². The second kappa shape index (κ2) is 8.63. The molecule has 2 heterocycles. The van der Waals surface area contributed by atoms with Crippen LogP contribution in [0, 0.1) is 0 Å². The molecule has 132 valence electrons. The molecule has 2 aliphatic heterocycles. The second-order valence-electron chi connectivity index (χ2n) is 7.22. The monoisotopic (exact) mass is 330 g/mol. The van der Waals surface area contributed by atoms with Gasteiger partial charge in [-0.1, -0.05) is 43.2 Å². The number of amides is 1. The van der Waals surface area contributed by atoms with Crippen LogP contribution < -0.4 is 0 Å². The van der Waals surface area contributed by atoms with Crippen molar-refractivity contribution < 1.29 is 9.90 Å². The van der Waals surface area contributed by atoms with E-state index < -0.39 is 6.10 Å². The summed E-state index contributed by atoms with van der Waals surface area (Å²) < 4.78 is 0. The number of nitrogens with zero attached hydrogens (tertiary/aromatic N) is 2. The Morgan fingerprint density at radius 3 is 2.46 bits per heavy atom. The van der Waals surface area contributed by atoms with Crippen LogP contribution in [0.5, 0.6) is 0 Å². The van der Waals surface area contributed by atoms with Crippen molar-refractivity contribution in [2.75, 3.05) is 26.2 Å². The molecule has 2 unspecified atom stereocenters. The summed E-state index contributed by atoms with van der Waals surface area (Å²) in [5.41, 5.74) is 0.975. The third kappa shape index (κ3) is 4.58. The third-order valence-electron chi connectivity index (χ3n) is 5.48. The average molecular weight is 330 g/mol. The molecule has 2 fully saturated rings. The third-order valence-corrected chi connectivity index (χ3v) is 5.48. The summed E-state index contributed by atoms with van der Waals surface area (Å²) in [4.78, 5) is 17.0. The van der Waals surface area contributed by atoms with Crippen LogP contribution in [0.2, 0.25) is 0 Å². The highest BCUT2D eigenvalue weighted by Gasteiger charge is 2.29. The van der Waals surface area contributed by atoms with E-state index in [0.717, 1.165) is 57.3 Å². The van der Waals surface area contributed by atoms with Crippen LogP contribution >= 0.6 is 0 Å². The lowest BCUT2D eigenvalue weighted by Gasteiger charge is -2.29. The van der Waals surface area contributed by atoms with E-state index >= 15 is 0 Å². The van der Waals surface area contributed by atoms with E-state index in [0.29, 0.717) is 12.6 Å². The molecule has 1 aromatic carbocycles. The van der Waals surface area contributed by atoms with Gasteiger partial charge in [0.25, 0.3) is 0 Å². The predicted octanol–water partition coefficient (Wildman–Crippen LogP) is 2.98. The maximum atomic E-state index is 12.6. The largest absolute Gasteiger partial charge is 0.388 e. The number of hydrogen-bond donors (Lipinski definition) is 1. The van der Waals surface area contributed by atoms with Gasteiger partial charge in [-0.2, -0.15) is 0 Å². The lowest BCUT2D eigenvalue weighted by atomic mass is 10.0. The summed E-state index contributed by atoms with van der Waals surface area (Å²) in [6, 6.07) is 10.2. The maximum Gasteiger partial charge on any atom is 0.236 e. The molecule has 0 aromatic heterocycles. The number of likely N-dealkylation sites (tertiary alicyclic amines) is 2. The molecule has 24 heavy (non-hydrogen) atoms. The van der Waals surface area contributed by atoms with E-state index in [9.17, 15) is 9.90 Å². The topological polar surface area (TPSA) is 43.8 Å². The van der Waals surface area contributed by atoms with Crippen LogP contribution in [-0.2, 0) is 4.79 Å². The first-order valence-corrected chi connectivity index (χ1v) is 9.49. The molecule has 2 atom stereocenters. The van der Waals surface area contributed by atoms with Crippen molar-refractivity contribution in [3.05, 3.63) is 35.9 Å². The van der Waals surface area contributed by atoms with Crippen LogP contribution in [0.4, 0.5) is 0 Å². The minimum atomic E-state index is -0.440. The molecule has 3 rings (SSSR count). The Balaban J connectivity index is 1.54. The van der Waals surface area contributed by atoms with Crippen LogP contribution in [0.15, 0.2) is 30.3 Å². The van der Waals surface area contributed by atoms with Crippen molar-refractivity contribution in [3.8, 4) is 0 Å². The highest BCUT2D eigenvalue weighted by molar-refractivity contribution is 5.78. The summed E-state index contributed by atoms with van der Waals surface area (Å²) in [6.07, 6.45) is 7.27. The van der Waals surface area contributed by atoms with Crippen molar-refractivity contribution in [2.24, 2.45) is 0 Å². The molecule has 0 aliphatic carbocycles. The molecule has 0 radical (unpaired) electrons. The average Bonchev–Trinajstić information content (AvgIpc) is 2.87. The minimum Gasteiger partial charge on any atom is -0.388 e. The molecular formula is C20H30N2O2. The van der Waals surface area contributed by atoms with Gasteiger partial charge in [-0.15, -0.1) is 0 Å². The Bertz CT molecular complexity index is 512. The minimum absolute atomic E-state index is 0.276. The van der Waals surface area contributed by atoms with Crippen LogP contribution in [0.1, 0.15) is 56.6 Å². The number of rotatable bonds is 5. The van der Waals surface area contributed by atoms with E-state index in [-0.39, 0.29) is 5.91 Å². The van der Waals surface area contributed by atoms with Gasteiger partial charge in [0.05, 0.1) is 12.6 Å². The van der Waals surface area contributed by atoms with Gasteiger partial charge in [0, 0.05) is 19.1 Å². The summed E-state index contributed by atoms with van der Waals surface area (Å²) in [6.45, 7) is 3.34. The Morgan fingerprint density at radius 1 is 1.04 bits per heavy atom. The Morgan fingerprint density at radius 2 is 1.75 bits per heavy atom. The fourth-order valence-electron chi connectivity index (χ4n) is 4.03. The fraction of sp³-hybridized carbons (Fsp3) is 0.650. The highest BCUT2D eigenvalue weighted by atomic mass is 16.3. The molecule has 0 spiro atoms. The van der Waals surface area contributed by atoms with Gasteiger partial charge in [-0.25, -0.2) is 0 Å². The van der Waals surface area contributed by atoms with E-state index in [1.165, 1.54) is 12.8 Å². The summed E-state index contributed by atoms with van der Waals surface area (Å²) in [7, 11) is 0. The normalized spacial score (nSPS) is 23.9. The van der Waals surface area contributed by atoms with Crippen molar-refractivity contribution >= 4 is 5.91 Å². The number of benzene rings is 1. The first-order chi connectivity index (χ1) is 11.7. The maximum absolute atomic E-state index is 12.6. The Kier molecular flexibility index (Phi) is 6.27. The van der Waals surface area contributed by atoms with E-state index in [4.69, 9.17) is 0 Å². The molecular weight excluding hydrogens is 300 g/mol. The molecule has 4 heteroatoms. The van der Waals surface area contributed by atoms with E-state index in [1.54, 1.807) is 0 Å². The van der Waals surface area contributed by atoms with Gasteiger partial charge in [0.1, 0.15) is 0 Å². The number of carbonyl (C=O) groups is 1. The Labute approximate surface area is 145 Å². The van der Waals surface area contributed by atoms with Crippen LogP contribution in [-0.4, -0.2) is 53.0 Å². The zero-order valence-electron chi connectivity index (χ0n) is 14.6. The molecule has 1 N–H and O–H groups in total. The predicted molar refractivity (Wildman–Crippen MR) is 95.7 cm³/mol. The molecule has 2 saturated heterocycles. The van der Waals surface area contributed by atoms with Crippen molar-refractivity contribution in [1.29, 1.82) is 0 Å². The summed E-state index contributed by atoms with van der Waals surface area (Å²) in [5.74, 6) is 0.276. The van der Waals surface area contributed by atoms with Gasteiger partial charge < -0.3 is 10.0 Å². The van der Waals surface area contributed by atoms with Crippen LogP contribution in [0.25, 0.3) is 0 Å². The molecule has 2 aliphatic rings. The molecule has 0 saturated carbocycles. The first-order valence-electron chi connectivity index (χ1n) is 9.49. The van der Waals surface area contributed by atoms with Crippen LogP contribution in [0.3, 0.4) is 0 Å². The van der Waals surface area contributed by atoms with Gasteiger partial charge in [0.15, 0.2) is 0 Å². The fourth-order valence-corrected chi connectivity index (χ4v) is 4.03. The van der Waals surface area contributed by atoms with Gasteiger partial charge in [0.2, 0.25) is 5.91 Å². The highest BCUT2D eigenvalue weighted by Crippen LogP contribution is 2.27. The van der Waals surface area contributed by atoms with Gasteiger partial charge in [-0.05, 0) is 44.2 Å². The number of aliphatic hydroxyl groups is 1. The zero-order chi connectivity index (χ0) is 16.8. The van der Waals surface area contributed by atoms with Crippen molar-refractivity contribution in [2.45, 2.75) is 57.1 Å². The molecule has 0 bridgehead atoms. The number of carbonyl (C=O) groups excluding carboxylic acids is 1. The lowest BCUT2D eigenvalue weighted by molar-refractivity contribution is -0.132. The first kappa shape index (κ1) is 17.4. The molecule has 1 amide bonds. The van der Waals surface area contributed by atoms with Crippen molar-refractivity contribution in [1.82, 2.24) is 9.80 Å². The second-order valence-corrected chi connectivity index (χ2v) is 7.22. The molecule has 1 aromatic rings. The molecule has 4 nitrogen and oxygen atoms in total. The van der Waals surface area contributed by atoms with Crippen molar-refractivity contribution in [3.63, 3.8) is 0 Å². The quantitative estimate of drug-likeness (QED) is 0.903. The Hall–Kier alpha value is -1.39. The zero-order valence-corrected chi connectivity index (χ0v) is 14.6. The smallest absolute Gasteiger partial charge is 0.236 e. The van der Waals surface area contributed by atoms with Gasteiger partial charge in [-0.3, -0.25) is 9.69 Å². The standard InChI is InChI=1S/C20H30N2O2/c23-19(17-9-4-3-5-10-17)15-18-11-8-14-22(18)16-20(24)21-12-6-1-2-7-13-21/h3-5,9-10,18-19,23H,1-2,6-8,11-16H2. The number of aliphatic hydroxyl groups excluding tert-OH is 1. The summed E-state index contributed by atoms with van der Waals surface area (Å²) >= 11 is 0. The summed E-state index contributed by atoms with van der Waals surface area (Å²) in [5, 5.41) is 10.5. The lowest BCUT2D eigenvalue weighted by Crippen LogP contribution is -2.43.